The largest absolute Gasteiger partial charge is 0.316 e. The first kappa shape index (κ1) is 13.1. The number of nitrogens with one attached hydrogen (secondary N) is 1. The molecule has 0 aliphatic carbocycles. The van der Waals surface area contributed by atoms with E-state index >= 15 is 0 Å². The normalized spacial score (nSPS) is 29.1. The molecule has 4 heteroatoms. The van der Waals surface area contributed by atoms with Crippen molar-refractivity contribution in [1.29, 1.82) is 0 Å². The summed E-state index contributed by atoms with van der Waals surface area (Å²) in [6, 6.07) is 0. The summed E-state index contributed by atoms with van der Waals surface area (Å²) in [4.78, 5) is 2.47. The van der Waals surface area contributed by atoms with Crippen molar-refractivity contribution in [2.24, 2.45) is 5.92 Å². The van der Waals surface area contributed by atoms with E-state index in [-0.39, 0.29) is 0 Å². The third-order valence-electron chi connectivity index (χ3n) is 2.97. The Balaban J connectivity index is 2.40. The van der Waals surface area contributed by atoms with E-state index in [1.165, 1.54) is 6.42 Å². The van der Waals surface area contributed by atoms with Crippen LogP contribution in [0.4, 0.5) is 0 Å². The summed E-state index contributed by atoms with van der Waals surface area (Å²) in [6.45, 7) is 9.84. The summed E-state index contributed by atoms with van der Waals surface area (Å²) in [5.74, 6) is 0.697. The average Bonchev–Trinajstić information content (AvgIpc) is 2.13. The fourth-order valence-corrected chi connectivity index (χ4v) is 2.43. The minimum Gasteiger partial charge on any atom is -0.316 e. The predicted molar refractivity (Wildman–Crippen MR) is 66.6 cm³/mol. The number of rotatable bonds is 3. The summed E-state index contributed by atoms with van der Waals surface area (Å²) in [6.07, 6.45) is 3.01. The van der Waals surface area contributed by atoms with Gasteiger partial charge in [-0.3, -0.25) is 4.21 Å². The van der Waals surface area contributed by atoms with E-state index in [9.17, 15) is 4.21 Å². The topological polar surface area (TPSA) is 32.3 Å². The first-order chi connectivity index (χ1) is 7.09. The smallest absolute Gasteiger partial charge is 0.0444 e. The van der Waals surface area contributed by atoms with Crippen LogP contribution in [0, 0.1) is 5.92 Å². The van der Waals surface area contributed by atoms with Crippen LogP contribution in [-0.2, 0) is 10.8 Å². The molecule has 0 aromatic heterocycles. The molecule has 1 aliphatic heterocycles. The second-order valence-corrected chi connectivity index (χ2v) is 6.53. The number of hydrogen-bond donors (Lipinski definition) is 1. The Morgan fingerprint density at radius 3 is 3.00 bits per heavy atom. The molecule has 0 bridgehead atoms. The van der Waals surface area contributed by atoms with Gasteiger partial charge in [-0.1, -0.05) is 6.92 Å². The minimum absolute atomic E-state index is 0.296. The van der Waals surface area contributed by atoms with E-state index in [2.05, 4.69) is 24.1 Å². The maximum atomic E-state index is 11.3. The second-order valence-electron chi connectivity index (χ2n) is 4.73. The van der Waals surface area contributed by atoms with Gasteiger partial charge >= 0.3 is 0 Å². The Hall–Kier alpha value is 0.0700. The minimum atomic E-state index is -0.691. The van der Waals surface area contributed by atoms with Crippen LogP contribution in [0.5, 0.6) is 0 Å². The zero-order valence-electron chi connectivity index (χ0n) is 10.2. The average molecular weight is 232 g/mol. The van der Waals surface area contributed by atoms with Gasteiger partial charge in [0.1, 0.15) is 0 Å². The fourth-order valence-electron chi connectivity index (χ4n) is 2.01. The van der Waals surface area contributed by atoms with E-state index in [1.54, 1.807) is 6.26 Å². The molecule has 3 atom stereocenters. The van der Waals surface area contributed by atoms with Crippen LogP contribution in [0.1, 0.15) is 20.3 Å². The van der Waals surface area contributed by atoms with Crippen LogP contribution >= 0.6 is 0 Å². The molecule has 0 spiro atoms. The van der Waals surface area contributed by atoms with Gasteiger partial charge in [0.2, 0.25) is 0 Å². The SMILES string of the molecule is CC1CNCCCN(CC(C)S(C)=O)C1. The summed E-state index contributed by atoms with van der Waals surface area (Å²) >= 11 is 0. The quantitative estimate of drug-likeness (QED) is 0.777. The molecule has 1 heterocycles. The molecule has 0 amide bonds. The van der Waals surface area contributed by atoms with Crippen molar-refractivity contribution in [3.8, 4) is 0 Å². The van der Waals surface area contributed by atoms with Crippen molar-refractivity contribution in [3.05, 3.63) is 0 Å². The van der Waals surface area contributed by atoms with Gasteiger partial charge in [0.25, 0.3) is 0 Å². The Bertz CT molecular complexity index is 211. The molecule has 0 aromatic carbocycles. The first-order valence-corrected chi connectivity index (χ1v) is 7.47. The molecule has 1 rings (SSSR count). The van der Waals surface area contributed by atoms with Crippen LogP contribution in [0.25, 0.3) is 0 Å². The van der Waals surface area contributed by atoms with Gasteiger partial charge in [0.05, 0.1) is 0 Å². The number of nitrogens with zero attached hydrogens (tertiary/aromatic N) is 1. The van der Waals surface area contributed by atoms with Crippen LogP contribution in [0.15, 0.2) is 0 Å². The zero-order valence-corrected chi connectivity index (χ0v) is 11.0. The molecule has 1 saturated heterocycles. The maximum absolute atomic E-state index is 11.3. The van der Waals surface area contributed by atoms with Crippen molar-refractivity contribution < 1.29 is 4.21 Å². The molecule has 1 aliphatic rings. The van der Waals surface area contributed by atoms with Crippen molar-refractivity contribution in [2.75, 3.05) is 39.0 Å². The monoisotopic (exact) mass is 232 g/mol. The van der Waals surface area contributed by atoms with Crippen LogP contribution in [-0.4, -0.2) is 53.3 Å². The van der Waals surface area contributed by atoms with Crippen molar-refractivity contribution in [1.82, 2.24) is 10.2 Å². The first-order valence-electron chi connectivity index (χ1n) is 5.85. The van der Waals surface area contributed by atoms with Gasteiger partial charge in [0.15, 0.2) is 0 Å². The van der Waals surface area contributed by atoms with E-state index in [4.69, 9.17) is 0 Å². The Labute approximate surface area is 96.1 Å². The third kappa shape index (κ3) is 5.09. The lowest BCUT2D eigenvalue weighted by atomic mass is 10.1. The maximum Gasteiger partial charge on any atom is 0.0444 e. The standard InChI is InChI=1S/C11H24N2OS/c1-10-7-12-5-4-6-13(8-10)9-11(2)15(3)14/h10-12H,4-9H2,1-3H3. The molecule has 1 fully saturated rings. The molecular weight excluding hydrogens is 208 g/mol. The van der Waals surface area contributed by atoms with E-state index in [1.807, 2.05) is 0 Å². The lowest BCUT2D eigenvalue weighted by molar-refractivity contribution is 0.218. The summed E-state index contributed by atoms with van der Waals surface area (Å²) < 4.78 is 11.3. The summed E-state index contributed by atoms with van der Waals surface area (Å²) in [5.41, 5.74) is 0. The zero-order chi connectivity index (χ0) is 11.3. The van der Waals surface area contributed by atoms with Crippen LogP contribution < -0.4 is 5.32 Å². The lowest BCUT2D eigenvalue weighted by Crippen LogP contribution is -2.42. The summed E-state index contributed by atoms with van der Waals surface area (Å²) in [5, 5.41) is 3.74. The van der Waals surface area contributed by atoms with Gasteiger partial charge in [0, 0.05) is 35.4 Å². The van der Waals surface area contributed by atoms with Gasteiger partial charge in [-0.25, -0.2) is 0 Å². The Morgan fingerprint density at radius 1 is 1.60 bits per heavy atom. The molecule has 90 valence electrons. The molecule has 0 radical (unpaired) electrons. The van der Waals surface area contributed by atoms with Gasteiger partial charge in [-0.05, 0) is 38.9 Å². The van der Waals surface area contributed by atoms with Gasteiger partial charge in [-0.15, -0.1) is 0 Å². The molecule has 0 saturated carbocycles. The third-order valence-corrected chi connectivity index (χ3v) is 4.25. The molecule has 15 heavy (non-hydrogen) atoms. The van der Waals surface area contributed by atoms with Crippen molar-refractivity contribution in [3.63, 3.8) is 0 Å². The number of hydrogen-bond acceptors (Lipinski definition) is 3. The lowest BCUT2D eigenvalue weighted by Gasteiger charge is -2.30. The summed E-state index contributed by atoms with van der Waals surface area (Å²) in [7, 11) is -0.691. The Kier molecular flexibility index (Phi) is 5.79. The van der Waals surface area contributed by atoms with Crippen molar-refractivity contribution in [2.45, 2.75) is 25.5 Å². The Morgan fingerprint density at radius 2 is 2.33 bits per heavy atom. The highest BCUT2D eigenvalue weighted by molar-refractivity contribution is 7.84. The highest BCUT2D eigenvalue weighted by Gasteiger charge is 2.16. The highest BCUT2D eigenvalue weighted by atomic mass is 32.2. The predicted octanol–water partition coefficient (Wildman–Crippen LogP) is 0.685. The molecule has 1 N–H and O–H groups in total. The van der Waals surface area contributed by atoms with E-state index < -0.39 is 10.8 Å². The van der Waals surface area contributed by atoms with Crippen molar-refractivity contribution >= 4 is 10.8 Å². The van der Waals surface area contributed by atoms with E-state index in [0.717, 1.165) is 32.7 Å². The van der Waals surface area contributed by atoms with Crippen LogP contribution in [0.3, 0.4) is 0 Å². The molecular formula is C11H24N2OS. The van der Waals surface area contributed by atoms with Gasteiger partial charge < -0.3 is 10.2 Å². The highest BCUT2D eigenvalue weighted by Crippen LogP contribution is 2.06. The molecule has 3 nitrogen and oxygen atoms in total. The second kappa shape index (κ2) is 6.61. The fraction of sp³-hybridized carbons (Fsp3) is 1.00. The molecule has 3 unspecified atom stereocenters. The van der Waals surface area contributed by atoms with E-state index in [0.29, 0.717) is 11.2 Å². The van der Waals surface area contributed by atoms with Gasteiger partial charge in [-0.2, -0.15) is 0 Å². The molecule has 0 aromatic rings. The van der Waals surface area contributed by atoms with Crippen LogP contribution in [0.2, 0.25) is 0 Å².